The first-order valence-electron chi connectivity index (χ1n) is 6.05. The summed E-state index contributed by atoms with van der Waals surface area (Å²) in [5.41, 5.74) is 0.343. The molecule has 0 saturated carbocycles. The first kappa shape index (κ1) is 16.0. The van der Waals surface area contributed by atoms with Crippen LogP contribution in [0.15, 0.2) is 23.1 Å². The van der Waals surface area contributed by atoms with Gasteiger partial charge in [-0.15, -0.1) is 4.83 Å². The predicted octanol–water partition coefficient (Wildman–Crippen LogP) is 1.08. The highest BCUT2D eigenvalue weighted by Gasteiger charge is 2.16. The third kappa shape index (κ3) is 4.87. The second-order valence-corrected chi connectivity index (χ2v) is 6.08. The fraction of sp³-hybridized carbons (Fsp3) is 0.500. The Hall–Kier alpha value is -1.02. The maximum Gasteiger partial charge on any atom is 0.253 e. The Morgan fingerprint density at radius 1 is 1.32 bits per heavy atom. The Kier molecular flexibility index (Phi) is 5.86. The lowest BCUT2D eigenvalue weighted by Gasteiger charge is -2.13. The predicted molar refractivity (Wildman–Crippen MR) is 72.4 cm³/mol. The fourth-order valence-corrected chi connectivity index (χ4v) is 2.68. The maximum absolute atomic E-state index is 13.6. The number of halogens is 1. The summed E-state index contributed by atoms with van der Waals surface area (Å²) in [6, 6.07) is 3.78. The van der Waals surface area contributed by atoms with Crippen molar-refractivity contribution in [1.82, 2.24) is 15.2 Å². The molecule has 0 aliphatic heterocycles. The Labute approximate surface area is 113 Å². The van der Waals surface area contributed by atoms with Gasteiger partial charge in [0.15, 0.2) is 0 Å². The van der Waals surface area contributed by atoms with E-state index in [2.05, 4.69) is 10.1 Å². The van der Waals surface area contributed by atoms with Gasteiger partial charge in [-0.1, -0.05) is 6.92 Å². The van der Waals surface area contributed by atoms with Gasteiger partial charge in [0.2, 0.25) is 0 Å². The zero-order valence-corrected chi connectivity index (χ0v) is 12.2. The van der Waals surface area contributed by atoms with Crippen LogP contribution in [0.5, 0.6) is 0 Å². The number of nitrogens with one attached hydrogen (secondary N) is 2. The van der Waals surface area contributed by atoms with Crippen LogP contribution in [-0.4, -0.2) is 34.1 Å². The van der Waals surface area contributed by atoms with Gasteiger partial charge in [0.05, 0.1) is 4.90 Å². The van der Waals surface area contributed by atoms with E-state index in [9.17, 15) is 12.8 Å². The molecular formula is C12H20FN3O2S. The fourth-order valence-electron chi connectivity index (χ4n) is 1.55. The number of hydrogen-bond acceptors (Lipinski definition) is 4. The van der Waals surface area contributed by atoms with Crippen LogP contribution in [0.4, 0.5) is 4.39 Å². The zero-order chi connectivity index (χ0) is 14.5. The molecule has 0 atom stereocenters. The number of hydrogen-bond donors (Lipinski definition) is 2. The molecule has 0 heterocycles. The van der Waals surface area contributed by atoms with Gasteiger partial charge in [0, 0.05) is 26.2 Å². The monoisotopic (exact) mass is 289 g/mol. The van der Waals surface area contributed by atoms with Gasteiger partial charge in [-0.05, 0) is 31.2 Å². The van der Waals surface area contributed by atoms with E-state index in [1.54, 1.807) is 14.1 Å². The van der Waals surface area contributed by atoms with Crippen LogP contribution >= 0.6 is 0 Å². The van der Waals surface area contributed by atoms with Crippen LogP contribution < -0.4 is 10.1 Å². The van der Waals surface area contributed by atoms with Crippen molar-refractivity contribution in [1.29, 1.82) is 0 Å². The molecule has 0 spiro atoms. The van der Waals surface area contributed by atoms with E-state index < -0.39 is 15.8 Å². The Morgan fingerprint density at radius 2 is 2.00 bits per heavy atom. The van der Waals surface area contributed by atoms with Crippen molar-refractivity contribution in [3.8, 4) is 0 Å². The molecule has 0 radical (unpaired) electrons. The maximum atomic E-state index is 13.6. The molecular weight excluding hydrogens is 269 g/mol. The average molecular weight is 289 g/mol. The summed E-state index contributed by atoms with van der Waals surface area (Å²) in [5, 5.41) is 4.37. The van der Waals surface area contributed by atoms with Crippen molar-refractivity contribution in [2.24, 2.45) is 0 Å². The number of rotatable bonds is 7. The molecule has 0 fully saturated rings. The number of hydrazine groups is 1. The van der Waals surface area contributed by atoms with E-state index in [0.29, 0.717) is 12.1 Å². The van der Waals surface area contributed by atoms with Gasteiger partial charge >= 0.3 is 0 Å². The quantitative estimate of drug-likeness (QED) is 0.582. The molecule has 0 unspecified atom stereocenters. The lowest BCUT2D eigenvalue weighted by atomic mass is 10.2. The van der Waals surface area contributed by atoms with Gasteiger partial charge in [-0.2, -0.15) is 0 Å². The van der Waals surface area contributed by atoms with Crippen molar-refractivity contribution in [3.05, 3.63) is 29.6 Å². The van der Waals surface area contributed by atoms with Crippen molar-refractivity contribution in [3.63, 3.8) is 0 Å². The van der Waals surface area contributed by atoms with Crippen molar-refractivity contribution in [2.75, 3.05) is 20.6 Å². The average Bonchev–Trinajstić information content (AvgIpc) is 2.30. The highest BCUT2D eigenvalue weighted by Crippen LogP contribution is 2.15. The Morgan fingerprint density at radius 3 is 2.58 bits per heavy atom. The molecule has 1 aromatic carbocycles. The molecule has 0 amide bonds. The minimum absolute atomic E-state index is 0.0518. The first-order chi connectivity index (χ1) is 8.86. The number of nitrogens with zero attached hydrogens (tertiary/aromatic N) is 1. The highest BCUT2D eigenvalue weighted by molar-refractivity contribution is 7.89. The van der Waals surface area contributed by atoms with Gasteiger partial charge in [-0.25, -0.2) is 17.8 Å². The summed E-state index contributed by atoms with van der Waals surface area (Å²) >= 11 is 0. The van der Waals surface area contributed by atoms with Gasteiger partial charge < -0.3 is 5.32 Å². The molecule has 7 heteroatoms. The summed E-state index contributed by atoms with van der Waals surface area (Å²) in [4.78, 5) is 2.36. The van der Waals surface area contributed by atoms with E-state index in [0.717, 1.165) is 13.0 Å². The van der Waals surface area contributed by atoms with Crippen molar-refractivity contribution in [2.45, 2.75) is 24.8 Å². The Bertz CT molecular complexity index is 518. The minimum atomic E-state index is -3.65. The van der Waals surface area contributed by atoms with E-state index in [-0.39, 0.29) is 4.90 Å². The molecule has 1 rings (SSSR count). The topological polar surface area (TPSA) is 61.4 Å². The van der Waals surface area contributed by atoms with E-state index in [1.807, 2.05) is 6.92 Å². The van der Waals surface area contributed by atoms with E-state index in [4.69, 9.17) is 0 Å². The lowest BCUT2D eigenvalue weighted by molar-refractivity contribution is 0.364. The minimum Gasteiger partial charge on any atom is -0.313 e. The van der Waals surface area contributed by atoms with E-state index in [1.165, 1.54) is 23.2 Å². The third-order valence-electron chi connectivity index (χ3n) is 2.37. The summed E-state index contributed by atoms with van der Waals surface area (Å²) in [7, 11) is -0.500. The molecule has 0 aromatic heterocycles. The largest absolute Gasteiger partial charge is 0.313 e. The summed E-state index contributed by atoms with van der Waals surface area (Å²) in [6.45, 7) is 3.07. The molecule has 0 saturated heterocycles. The standard InChI is InChI=1S/C12H20FN3O2S/c1-4-7-14-9-10-8-11(5-6-12(10)13)19(17,18)15-16(2)3/h5-6,8,14-15H,4,7,9H2,1-3H3. The lowest BCUT2D eigenvalue weighted by Crippen LogP contribution is -2.36. The summed E-state index contributed by atoms with van der Waals surface area (Å²) < 4.78 is 37.5. The van der Waals surface area contributed by atoms with Gasteiger partial charge in [0.1, 0.15) is 5.82 Å². The third-order valence-corrected chi connectivity index (χ3v) is 3.85. The summed E-state index contributed by atoms with van der Waals surface area (Å²) in [6.07, 6.45) is 0.932. The van der Waals surface area contributed by atoms with Crippen LogP contribution in [0.25, 0.3) is 0 Å². The SMILES string of the molecule is CCCNCc1cc(S(=O)(=O)NN(C)C)ccc1F. The van der Waals surface area contributed by atoms with Crippen LogP contribution in [-0.2, 0) is 16.6 Å². The molecule has 0 aliphatic carbocycles. The second-order valence-electron chi connectivity index (χ2n) is 4.42. The number of benzene rings is 1. The van der Waals surface area contributed by atoms with Crippen molar-refractivity contribution >= 4 is 10.0 Å². The number of sulfonamides is 1. The molecule has 2 N–H and O–H groups in total. The van der Waals surface area contributed by atoms with Crippen molar-refractivity contribution < 1.29 is 12.8 Å². The molecule has 5 nitrogen and oxygen atoms in total. The van der Waals surface area contributed by atoms with Crippen LogP contribution in [0.1, 0.15) is 18.9 Å². The summed E-state index contributed by atoms with van der Waals surface area (Å²) in [5.74, 6) is -0.410. The smallest absolute Gasteiger partial charge is 0.253 e. The van der Waals surface area contributed by atoms with Gasteiger partial charge in [-0.3, -0.25) is 0 Å². The van der Waals surface area contributed by atoms with Gasteiger partial charge in [0.25, 0.3) is 10.0 Å². The highest BCUT2D eigenvalue weighted by atomic mass is 32.2. The Balaban J connectivity index is 2.95. The molecule has 1 aromatic rings. The van der Waals surface area contributed by atoms with E-state index >= 15 is 0 Å². The molecule has 0 aliphatic rings. The molecule has 19 heavy (non-hydrogen) atoms. The van der Waals surface area contributed by atoms with Crippen LogP contribution in [0.2, 0.25) is 0 Å². The molecule has 108 valence electrons. The second kappa shape index (κ2) is 6.95. The van der Waals surface area contributed by atoms with Crippen LogP contribution in [0.3, 0.4) is 0 Å². The zero-order valence-electron chi connectivity index (χ0n) is 11.4. The molecule has 0 bridgehead atoms. The van der Waals surface area contributed by atoms with Crippen LogP contribution in [0, 0.1) is 5.82 Å². The normalized spacial score (nSPS) is 12.1. The first-order valence-corrected chi connectivity index (χ1v) is 7.54.